The predicted octanol–water partition coefficient (Wildman–Crippen LogP) is 0.579. The van der Waals surface area contributed by atoms with Crippen LogP contribution in [-0.4, -0.2) is 66.6 Å². The first-order valence-corrected chi connectivity index (χ1v) is 12.1. The summed E-state index contributed by atoms with van der Waals surface area (Å²) in [5.41, 5.74) is 2.47. The van der Waals surface area contributed by atoms with Gasteiger partial charge in [-0.3, -0.25) is 14.4 Å². The molecule has 36 heavy (non-hydrogen) atoms. The van der Waals surface area contributed by atoms with E-state index in [2.05, 4.69) is 10.4 Å². The first kappa shape index (κ1) is 24.0. The molecular weight excluding hydrogens is 462 g/mol. The Balaban J connectivity index is 1.20. The maximum Gasteiger partial charge on any atom is 0.254 e. The number of aromatic nitrogens is 3. The molecule has 1 saturated heterocycles. The van der Waals surface area contributed by atoms with Crippen molar-refractivity contribution in [1.82, 2.24) is 24.6 Å². The predicted molar refractivity (Wildman–Crippen MR) is 130 cm³/mol. The third kappa shape index (κ3) is 4.57. The third-order valence-corrected chi connectivity index (χ3v) is 7.13. The van der Waals surface area contributed by atoms with Crippen LogP contribution in [0.25, 0.3) is 5.69 Å². The molecule has 2 amide bonds. The molecule has 0 unspecified atom stereocenters. The summed E-state index contributed by atoms with van der Waals surface area (Å²) in [6.45, 7) is 2.95. The number of aliphatic hydroxyl groups excluding tert-OH is 2. The van der Waals surface area contributed by atoms with Crippen molar-refractivity contribution in [1.29, 1.82) is 0 Å². The van der Waals surface area contributed by atoms with Crippen LogP contribution < -0.4 is 10.9 Å². The molecule has 2 aromatic heterocycles. The Hall–Kier alpha value is -3.76. The number of amides is 2. The van der Waals surface area contributed by atoms with Gasteiger partial charge >= 0.3 is 0 Å². The van der Waals surface area contributed by atoms with Gasteiger partial charge in [0.05, 0.1) is 11.7 Å². The van der Waals surface area contributed by atoms with Crippen molar-refractivity contribution in [2.45, 2.75) is 44.1 Å². The van der Waals surface area contributed by atoms with E-state index in [1.165, 1.54) is 11.0 Å². The topological polar surface area (TPSA) is 130 Å². The summed E-state index contributed by atoms with van der Waals surface area (Å²) >= 11 is 0. The van der Waals surface area contributed by atoms with Gasteiger partial charge in [-0.05, 0) is 49.1 Å². The number of fused-ring (bicyclic) bond motifs is 4. The Morgan fingerprint density at radius 1 is 1.03 bits per heavy atom. The molecule has 1 aromatic carbocycles. The molecule has 0 spiro atoms. The van der Waals surface area contributed by atoms with Gasteiger partial charge in [0, 0.05) is 49.7 Å². The summed E-state index contributed by atoms with van der Waals surface area (Å²) in [6.07, 6.45) is 0.573. The molecule has 2 aliphatic rings. The molecular formula is C26H29N5O5. The van der Waals surface area contributed by atoms with Gasteiger partial charge in [-0.15, -0.1) is 0 Å². The van der Waals surface area contributed by atoms with Gasteiger partial charge in [0.2, 0.25) is 0 Å². The fourth-order valence-corrected chi connectivity index (χ4v) is 5.26. The molecule has 1 fully saturated rings. The largest absolute Gasteiger partial charge is 0.380 e. The number of nitrogens with one attached hydrogen (secondary N) is 1. The second-order valence-electron chi connectivity index (χ2n) is 9.60. The number of carbonyl (C=O) groups is 2. The van der Waals surface area contributed by atoms with E-state index < -0.39 is 30.1 Å². The lowest BCUT2D eigenvalue weighted by Gasteiger charge is -2.43. The lowest BCUT2D eigenvalue weighted by Crippen LogP contribution is -2.55. The van der Waals surface area contributed by atoms with Gasteiger partial charge in [-0.25, -0.2) is 4.68 Å². The molecule has 2 bridgehead atoms. The van der Waals surface area contributed by atoms with Gasteiger partial charge in [-0.2, -0.15) is 5.10 Å². The van der Waals surface area contributed by atoms with Gasteiger partial charge < -0.3 is 25.0 Å². The number of benzene rings is 1. The van der Waals surface area contributed by atoms with Crippen molar-refractivity contribution in [2.75, 3.05) is 13.1 Å². The summed E-state index contributed by atoms with van der Waals surface area (Å²) in [4.78, 5) is 39.4. The number of hydrogen-bond donors (Lipinski definition) is 3. The lowest BCUT2D eigenvalue weighted by atomic mass is 9.83. The Bertz CT molecular complexity index is 1300. The number of piperidine rings is 1. The fraction of sp³-hybridized carbons (Fsp3) is 0.385. The minimum absolute atomic E-state index is 0.0294. The Morgan fingerprint density at radius 3 is 2.53 bits per heavy atom. The molecule has 10 nitrogen and oxygen atoms in total. The Kier molecular flexibility index (Phi) is 6.46. The summed E-state index contributed by atoms with van der Waals surface area (Å²) in [5, 5.41) is 27.9. The van der Waals surface area contributed by atoms with E-state index >= 15 is 0 Å². The second-order valence-corrected chi connectivity index (χ2v) is 9.60. The molecule has 4 heterocycles. The number of rotatable bonds is 6. The number of pyridine rings is 1. The van der Waals surface area contributed by atoms with Crippen LogP contribution in [0.2, 0.25) is 0 Å². The zero-order valence-electron chi connectivity index (χ0n) is 19.9. The third-order valence-electron chi connectivity index (χ3n) is 7.13. The summed E-state index contributed by atoms with van der Waals surface area (Å²) < 4.78 is 3.47. The highest BCUT2D eigenvalue weighted by Gasteiger charge is 2.40. The number of carbonyl (C=O) groups excluding carboxylic acids is 2. The number of aliphatic hydroxyl groups is 2. The second kappa shape index (κ2) is 9.71. The van der Waals surface area contributed by atoms with Crippen molar-refractivity contribution >= 4 is 11.8 Å². The summed E-state index contributed by atoms with van der Waals surface area (Å²) in [5.74, 6) is -1.47. The summed E-state index contributed by atoms with van der Waals surface area (Å²) in [7, 11) is 0. The van der Waals surface area contributed by atoms with E-state index in [1.54, 1.807) is 28.4 Å². The molecule has 188 valence electrons. The normalized spacial score (nSPS) is 21.2. The van der Waals surface area contributed by atoms with E-state index in [0.717, 1.165) is 23.4 Å². The van der Waals surface area contributed by atoms with E-state index in [4.69, 9.17) is 0 Å². The molecule has 3 N–H and O–H groups in total. The van der Waals surface area contributed by atoms with E-state index in [1.807, 2.05) is 42.6 Å². The minimum atomic E-state index is -1.90. The molecule has 0 radical (unpaired) electrons. The number of hydrogen-bond acceptors (Lipinski definition) is 6. The molecule has 0 saturated carbocycles. The SMILES string of the molecule is C[C@@H](NC(=O)[C@H](O)[C@@H](O)C(=O)N1C[C@@H]2C[C@@H](C1)c1cccc(=O)n1C2)c1ccc(-n2cccn2)cc1. The average molecular weight is 492 g/mol. The first-order valence-electron chi connectivity index (χ1n) is 12.1. The molecule has 5 atom stereocenters. The van der Waals surface area contributed by atoms with E-state index in [0.29, 0.717) is 19.6 Å². The maximum atomic E-state index is 13.0. The van der Waals surface area contributed by atoms with Crippen LogP contribution in [0.4, 0.5) is 0 Å². The highest BCUT2D eigenvalue weighted by Crippen LogP contribution is 2.35. The van der Waals surface area contributed by atoms with Crippen LogP contribution in [0, 0.1) is 5.92 Å². The van der Waals surface area contributed by atoms with E-state index in [-0.39, 0.29) is 17.4 Å². The molecule has 10 heteroatoms. The van der Waals surface area contributed by atoms with E-state index in [9.17, 15) is 24.6 Å². The van der Waals surface area contributed by atoms with Gasteiger partial charge in [-0.1, -0.05) is 18.2 Å². The van der Waals surface area contributed by atoms with Crippen LogP contribution in [-0.2, 0) is 16.1 Å². The van der Waals surface area contributed by atoms with Crippen molar-refractivity contribution in [3.8, 4) is 5.69 Å². The number of nitrogens with zero attached hydrogens (tertiary/aromatic N) is 4. The standard InChI is InChI=1S/C26H29N5O5/c1-16(18-6-8-20(9-7-18)31-11-3-10-27-31)28-25(35)23(33)24(34)26(36)29-13-17-12-19(15-29)21-4-2-5-22(32)30(21)14-17/h2-11,16-17,19,23-24,33-34H,12-15H2,1H3,(H,28,35)/t16-,17+,19+,23-,24-/m1/s1. The maximum absolute atomic E-state index is 13.0. The zero-order valence-corrected chi connectivity index (χ0v) is 19.9. The monoisotopic (exact) mass is 491 g/mol. The van der Waals surface area contributed by atoms with Crippen LogP contribution >= 0.6 is 0 Å². The van der Waals surface area contributed by atoms with Crippen LogP contribution in [0.15, 0.2) is 65.7 Å². The van der Waals surface area contributed by atoms with Crippen LogP contribution in [0.3, 0.4) is 0 Å². The van der Waals surface area contributed by atoms with Crippen molar-refractivity contribution in [3.05, 3.63) is 82.5 Å². The Labute approximate surface area is 207 Å². The zero-order chi connectivity index (χ0) is 25.4. The Morgan fingerprint density at radius 2 is 1.81 bits per heavy atom. The number of likely N-dealkylation sites (tertiary alicyclic amines) is 1. The average Bonchev–Trinajstić information content (AvgIpc) is 3.43. The van der Waals surface area contributed by atoms with Gasteiger partial charge in [0.15, 0.2) is 12.2 Å². The minimum Gasteiger partial charge on any atom is -0.380 e. The van der Waals surface area contributed by atoms with Crippen molar-refractivity contribution < 1.29 is 19.8 Å². The quantitative estimate of drug-likeness (QED) is 0.463. The summed E-state index contributed by atoms with van der Waals surface area (Å²) in [6, 6.07) is 13.9. The molecule has 2 aliphatic heterocycles. The lowest BCUT2D eigenvalue weighted by molar-refractivity contribution is -0.155. The molecule has 3 aromatic rings. The van der Waals surface area contributed by atoms with Crippen molar-refractivity contribution in [3.63, 3.8) is 0 Å². The van der Waals surface area contributed by atoms with Crippen LogP contribution in [0.5, 0.6) is 0 Å². The highest BCUT2D eigenvalue weighted by atomic mass is 16.3. The molecule has 5 rings (SSSR count). The molecule has 0 aliphatic carbocycles. The smallest absolute Gasteiger partial charge is 0.254 e. The van der Waals surface area contributed by atoms with Gasteiger partial charge in [0.25, 0.3) is 17.4 Å². The van der Waals surface area contributed by atoms with Gasteiger partial charge in [0.1, 0.15) is 0 Å². The first-order chi connectivity index (χ1) is 17.3. The van der Waals surface area contributed by atoms with Crippen molar-refractivity contribution in [2.24, 2.45) is 5.92 Å². The fourth-order valence-electron chi connectivity index (χ4n) is 5.26. The highest BCUT2D eigenvalue weighted by molar-refractivity contribution is 5.91. The van der Waals surface area contributed by atoms with Crippen LogP contribution in [0.1, 0.15) is 36.6 Å².